The summed E-state index contributed by atoms with van der Waals surface area (Å²) in [5, 5.41) is 6.93. The number of para-hydroxylation sites is 5. The Balaban J connectivity index is 1.41. The minimum absolute atomic E-state index is 0.879. The molecule has 0 aliphatic heterocycles. The first-order valence-corrected chi connectivity index (χ1v) is 13.2. The lowest BCUT2D eigenvalue weighted by Gasteiger charge is -2.07. The van der Waals surface area contributed by atoms with Gasteiger partial charge in [0.25, 0.3) is 0 Å². The van der Waals surface area contributed by atoms with Crippen molar-refractivity contribution in [3.05, 3.63) is 127 Å². The molecule has 3 nitrogen and oxygen atoms in total. The van der Waals surface area contributed by atoms with Crippen LogP contribution in [0, 0.1) is 0 Å². The summed E-state index contributed by atoms with van der Waals surface area (Å²) < 4.78 is 15.4. The second-order valence-electron chi connectivity index (χ2n) is 10.1. The van der Waals surface area contributed by atoms with Crippen molar-refractivity contribution in [3.8, 4) is 16.8 Å². The van der Waals surface area contributed by atoms with Crippen molar-refractivity contribution in [2.24, 2.45) is 0 Å². The smallest absolute Gasteiger partial charge is 0.143 e. The monoisotopic (exact) mass is 499 g/mol. The topological polar surface area (TPSA) is 31.2 Å². The van der Waals surface area contributed by atoms with Gasteiger partial charge in [0.05, 0.1) is 11.0 Å². The van der Waals surface area contributed by atoms with E-state index in [4.69, 9.17) is 8.83 Å². The lowest BCUT2D eigenvalue weighted by atomic mass is 9.99. The molecule has 0 bridgehead atoms. The van der Waals surface area contributed by atoms with Crippen LogP contribution in [-0.4, -0.2) is 4.57 Å². The Morgan fingerprint density at radius 2 is 1.03 bits per heavy atom. The fraction of sp³-hybridized carbons (Fsp3) is 0. The number of nitrogens with zero attached hydrogens (tertiary/aromatic N) is 1. The molecule has 182 valence electrons. The van der Waals surface area contributed by atoms with Crippen LogP contribution >= 0.6 is 0 Å². The van der Waals surface area contributed by atoms with Crippen LogP contribution in [0.5, 0.6) is 0 Å². The van der Waals surface area contributed by atoms with Crippen molar-refractivity contribution >= 4 is 65.7 Å². The van der Waals surface area contributed by atoms with Gasteiger partial charge in [-0.1, -0.05) is 91.0 Å². The average molecular weight is 500 g/mol. The van der Waals surface area contributed by atoms with E-state index in [1.807, 2.05) is 12.1 Å². The van der Waals surface area contributed by atoms with Crippen LogP contribution in [0.25, 0.3) is 82.5 Å². The predicted octanol–water partition coefficient (Wildman–Crippen LogP) is 10.2. The van der Waals surface area contributed by atoms with Gasteiger partial charge in [0, 0.05) is 49.1 Å². The third-order valence-corrected chi connectivity index (χ3v) is 8.01. The Kier molecular flexibility index (Phi) is 4.05. The molecule has 0 aliphatic rings. The molecular weight excluding hydrogens is 478 g/mol. The van der Waals surface area contributed by atoms with Gasteiger partial charge in [-0.3, -0.25) is 0 Å². The van der Waals surface area contributed by atoms with Crippen molar-refractivity contribution in [2.45, 2.75) is 0 Å². The van der Waals surface area contributed by atoms with Crippen molar-refractivity contribution in [1.82, 2.24) is 4.57 Å². The molecular formula is C36H21NO2. The van der Waals surface area contributed by atoms with Crippen LogP contribution in [0.4, 0.5) is 0 Å². The molecule has 39 heavy (non-hydrogen) atoms. The number of hydrogen-bond acceptors (Lipinski definition) is 2. The number of rotatable bonds is 2. The highest BCUT2D eigenvalue weighted by molar-refractivity contribution is 6.28. The van der Waals surface area contributed by atoms with E-state index < -0.39 is 0 Å². The number of benzene rings is 6. The first kappa shape index (κ1) is 20.7. The number of furan rings is 2. The fourth-order valence-corrected chi connectivity index (χ4v) is 6.37. The maximum atomic E-state index is 6.68. The molecule has 0 saturated carbocycles. The van der Waals surface area contributed by atoms with Crippen LogP contribution in [-0.2, 0) is 0 Å². The van der Waals surface area contributed by atoms with Crippen molar-refractivity contribution < 1.29 is 8.83 Å². The number of fused-ring (bicyclic) bond motifs is 10. The molecule has 0 fully saturated rings. The highest BCUT2D eigenvalue weighted by Crippen LogP contribution is 2.45. The van der Waals surface area contributed by atoms with Gasteiger partial charge < -0.3 is 13.4 Å². The quantitative estimate of drug-likeness (QED) is 0.237. The summed E-state index contributed by atoms with van der Waals surface area (Å²) >= 11 is 0. The molecule has 3 aromatic heterocycles. The molecule has 3 heteroatoms. The van der Waals surface area contributed by atoms with E-state index in [0.29, 0.717) is 0 Å². The Hall–Kier alpha value is -5.28. The molecule has 0 amide bonds. The van der Waals surface area contributed by atoms with E-state index >= 15 is 0 Å². The van der Waals surface area contributed by atoms with Crippen LogP contribution in [0.1, 0.15) is 0 Å². The summed E-state index contributed by atoms with van der Waals surface area (Å²) in [6.07, 6.45) is 0. The Bertz CT molecular complexity index is 2390. The van der Waals surface area contributed by atoms with Gasteiger partial charge >= 0.3 is 0 Å². The average Bonchev–Trinajstić information content (AvgIpc) is 3.66. The van der Waals surface area contributed by atoms with E-state index in [0.717, 1.165) is 60.7 Å². The molecule has 0 aliphatic carbocycles. The molecule has 0 unspecified atom stereocenters. The zero-order valence-electron chi connectivity index (χ0n) is 20.9. The molecule has 0 N–H and O–H groups in total. The minimum Gasteiger partial charge on any atom is -0.455 e. The van der Waals surface area contributed by atoms with Gasteiger partial charge in [-0.05, 0) is 36.4 Å². The standard InChI is InChI=1S/C36H21NO2/c1-2-10-22(11-3-1)37-29-18-6-4-13-27(29)33-30(37)20-21-32-34(33)28-17-9-16-26(36(28)39-32)25-15-8-14-24-23-12-5-7-19-31(23)38-35(24)25/h1-21H. The highest BCUT2D eigenvalue weighted by Gasteiger charge is 2.21. The summed E-state index contributed by atoms with van der Waals surface area (Å²) in [5.41, 5.74) is 9.12. The number of aromatic nitrogens is 1. The third-order valence-electron chi connectivity index (χ3n) is 8.01. The van der Waals surface area contributed by atoms with Crippen LogP contribution in [0.15, 0.2) is 136 Å². The summed E-state index contributed by atoms with van der Waals surface area (Å²) in [4.78, 5) is 0. The van der Waals surface area contributed by atoms with E-state index in [2.05, 4.69) is 120 Å². The summed E-state index contributed by atoms with van der Waals surface area (Å²) in [5.74, 6) is 0. The van der Waals surface area contributed by atoms with Crippen molar-refractivity contribution in [1.29, 1.82) is 0 Å². The van der Waals surface area contributed by atoms with Gasteiger partial charge in [0.2, 0.25) is 0 Å². The molecule has 9 aromatic rings. The summed E-state index contributed by atoms with van der Waals surface area (Å²) in [6.45, 7) is 0. The first-order chi connectivity index (χ1) is 19.4. The van der Waals surface area contributed by atoms with Gasteiger partial charge in [0.1, 0.15) is 22.3 Å². The molecule has 3 heterocycles. The van der Waals surface area contributed by atoms with Crippen LogP contribution in [0.2, 0.25) is 0 Å². The maximum absolute atomic E-state index is 6.68. The lowest BCUT2D eigenvalue weighted by molar-refractivity contribution is 0.665. The highest BCUT2D eigenvalue weighted by atomic mass is 16.3. The SMILES string of the molecule is c1ccc(-n2c3ccccc3c3c4c(ccc32)oc2c(-c3cccc5c3oc3ccccc35)cccc24)cc1. The molecule has 9 rings (SSSR count). The zero-order valence-corrected chi connectivity index (χ0v) is 20.9. The Labute approximate surface area is 223 Å². The predicted molar refractivity (Wildman–Crippen MR) is 161 cm³/mol. The van der Waals surface area contributed by atoms with Gasteiger partial charge in [0.15, 0.2) is 0 Å². The second-order valence-corrected chi connectivity index (χ2v) is 10.1. The van der Waals surface area contributed by atoms with Crippen molar-refractivity contribution in [3.63, 3.8) is 0 Å². The maximum Gasteiger partial charge on any atom is 0.143 e. The first-order valence-electron chi connectivity index (χ1n) is 13.2. The Morgan fingerprint density at radius 3 is 1.87 bits per heavy atom. The minimum atomic E-state index is 0.879. The number of hydrogen-bond donors (Lipinski definition) is 0. The largest absolute Gasteiger partial charge is 0.455 e. The van der Waals surface area contributed by atoms with Crippen molar-refractivity contribution in [2.75, 3.05) is 0 Å². The van der Waals surface area contributed by atoms with E-state index in [-0.39, 0.29) is 0 Å². The summed E-state index contributed by atoms with van der Waals surface area (Å²) in [6, 6.07) is 44.5. The van der Waals surface area contributed by atoms with Gasteiger partial charge in [-0.15, -0.1) is 0 Å². The van der Waals surface area contributed by atoms with Crippen LogP contribution < -0.4 is 0 Å². The van der Waals surface area contributed by atoms with E-state index in [1.165, 1.54) is 21.8 Å². The second kappa shape index (κ2) is 7.62. The van der Waals surface area contributed by atoms with E-state index in [9.17, 15) is 0 Å². The third kappa shape index (κ3) is 2.76. The molecule has 0 radical (unpaired) electrons. The van der Waals surface area contributed by atoms with Gasteiger partial charge in [-0.2, -0.15) is 0 Å². The lowest BCUT2D eigenvalue weighted by Crippen LogP contribution is -1.92. The normalized spacial score (nSPS) is 12.1. The molecule has 0 spiro atoms. The summed E-state index contributed by atoms with van der Waals surface area (Å²) in [7, 11) is 0. The molecule has 6 aromatic carbocycles. The van der Waals surface area contributed by atoms with E-state index in [1.54, 1.807) is 0 Å². The van der Waals surface area contributed by atoms with Gasteiger partial charge in [-0.25, -0.2) is 0 Å². The molecule has 0 saturated heterocycles. The van der Waals surface area contributed by atoms with Crippen LogP contribution in [0.3, 0.4) is 0 Å². The molecule has 0 atom stereocenters. The zero-order chi connectivity index (χ0) is 25.5. The Morgan fingerprint density at radius 1 is 0.385 bits per heavy atom. The fourth-order valence-electron chi connectivity index (χ4n) is 6.37.